The summed E-state index contributed by atoms with van der Waals surface area (Å²) in [4.78, 5) is 23.1. The number of thioether (sulfide) groups is 1. The summed E-state index contributed by atoms with van der Waals surface area (Å²) in [7, 11) is 0. The Kier molecular flexibility index (Phi) is 4.23. The largest absolute Gasteiger partial charge is 0.362 e. The second-order valence-corrected chi connectivity index (χ2v) is 6.45. The molecule has 1 aliphatic rings. The van der Waals surface area contributed by atoms with Crippen molar-refractivity contribution in [1.29, 1.82) is 0 Å². The summed E-state index contributed by atoms with van der Waals surface area (Å²) in [5, 5.41) is 0.653. The molecule has 3 aromatic rings. The number of para-hydroxylation sites is 2. The summed E-state index contributed by atoms with van der Waals surface area (Å²) in [5.41, 5.74) is 2.52. The van der Waals surface area contributed by atoms with Crippen molar-refractivity contribution < 1.29 is 4.79 Å². The van der Waals surface area contributed by atoms with E-state index >= 15 is 0 Å². The molecule has 2 heterocycles. The summed E-state index contributed by atoms with van der Waals surface area (Å²) in [6.45, 7) is 0. The minimum Gasteiger partial charge on any atom is -0.362 e. The van der Waals surface area contributed by atoms with Crippen molar-refractivity contribution in [3.05, 3.63) is 89.6 Å². The number of hydrogen-bond donors (Lipinski definition) is 1. The van der Waals surface area contributed by atoms with E-state index in [1.807, 2.05) is 85.1 Å². The number of anilines is 1. The smallest absolute Gasteiger partial charge is 0.271 e. The van der Waals surface area contributed by atoms with Crippen LogP contribution in [-0.2, 0) is 4.79 Å². The van der Waals surface area contributed by atoms with Crippen LogP contribution in [0.1, 0.15) is 5.69 Å². The molecule has 122 valence electrons. The van der Waals surface area contributed by atoms with Gasteiger partial charge < -0.3 is 4.98 Å². The topological polar surface area (TPSA) is 48.5 Å². The molecule has 4 rings (SSSR count). The van der Waals surface area contributed by atoms with Crippen molar-refractivity contribution in [3.63, 3.8) is 0 Å². The zero-order valence-corrected chi connectivity index (χ0v) is 14.1. The van der Waals surface area contributed by atoms with Gasteiger partial charge in [0.15, 0.2) is 5.17 Å². The molecule has 1 fully saturated rings. The number of carbonyl (C=O) groups is 1. The van der Waals surface area contributed by atoms with Crippen molar-refractivity contribution in [1.82, 2.24) is 4.98 Å². The molecule has 25 heavy (non-hydrogen) atoms. The predicted molar refractivity (Wildman–Crippen MR) is 104 cm³/mol. The Bertz CT molecular complexity index is 932. The second-order valence-electron chi connectivity index (χ2n) is 5.44. The molecule has 0 atom stereocenters. The Morgan fingerprint density at radius 3 is 2.32 bits per heavy atom. The number of H-pyrrole nitrogens is 1. The van der Waals surface area contributed by atoms with Crippen LogP contribution in [0, 0.1) is 0 Å². The number of amidine groups is 1. The minimum atomic E-state index is -0.0690. The number of aromatic amines is 1. The van der Waals surface area contributed by atoms with E-state index < -0.39 is 0 Å². The van der Waals surface area contributed by atoms with Crippen molar-refractivity contribution in [2.45, 2.75) is 0 Å². The van der Waals surface area contributed by atoms with Gasteiger partial charge in [0.1, 0.15) is 0 Å². The van der Waals surface area contributed by atoms with E-state index in [1.165, 1.54) is 11.8 Å². The zero-order chi connectivity index (χ0) is 17.1. The number of nitrogens with zero attached hydrogens (tertiary/aromatic N) is 2. The van der Waals surface area contributed by atoms with Crippen molar-refractivity contribution in [2.75, 3.05) is 4.90 Å². The van der Waals surface area contributed by atoms with Crippen LogP contribution in [0.5, 0.6) is 0 Å². The number of nitrogens with one attached hydrogen (secondary N) is 1. The number of benzene rings is 2. The Morgan fingerprint density at radius 2 is 1.64 bits per heavy atom. The van der Waals surface area contributed by atoms with Crippen LogP contribution in [0.2, 0.25) is 0 Å². The average molecular weight is 345 g/mol. The molecule has 4 nitrogen and oxygen atoms in total. The number of aromatic nitrogens is 1. The lowest BCUT2D eigenvalue weighted by molar-refractivity contribution is -0.113. The minimum absolute atomic E-state index is 0.0690. The molecule has 1 saturated heterocycles. The molecule has 0 spiro atoms. The zero-order valence-electron chi connectivity index (χ0n) is 13.3. The molecule has 0 saturated carbocycles. The molecule has 1 amide bonds. The second kappa shape index (κ2) is 6.83. The first-order valence-electron chi connectivity index (χ1n) is 7.87. The highest BCUT2D eigenvalue weighted by molar-refractivity contribution is 8.19. The number of hydrogen-bond acceptors (Lipinski definition) is 3. The highest BCUT2D eigenvalue weighted by atomic mass is 32.2. The molecule has 0 aliphatic carbocycles. The third kappa shape index (κ3) is 3.27. The van der Waals surface area contributed by atoms with E-state index in [9.17, 15) is 4.79 Å². The standard InChI is InChI=1S/C20H15N3OS/c24-19-18(14-16-10-7-13-21-16)25-20(22-15-8-3-1-4-9-15)23(19)17-11-5-2-6-12-17/h1-14,21H/b18-14+,22-20?. The molecular weight excluding hydrogens is 330 g/mol. The molecule has 5 heteroatoms. The van der Waals surface area contributed by atoms with E-state index in [1.54, 1.807) is 4.90 Å². The fourth-order valence-corrected chi connectivity index (χ4v) is 3.53. The maximum Gasteiger partial charge on any atom is 0.271 e. The first kappa shape index (κ1) is 15.5. The van der Waals surface area contributed by atoms with E-state index in [2.05, 4.69) is 9.98 Å². The number of rotatable bonds is 3. The summed E-state index contributed by atoms with van der Waals surface area (Å²) in [6.07, 6.45) is 3.70. The molecule has 0 radical (unpaired) electrons. The molecular formula is C20H15N3OS. The van der Waals surface area contributed by atoms with Crippen LogP contribution < -0.4 is 4.90 Å². The number of carbonyl (C=O) groups excluding carboxylic acids is 1. The Balaban J connectivity index is 1.77. The van der Waals surface area contributed by atoms with E-state index in [0.29, 0.717) is 10.1 Å². The number of amides is 1. The molecule has 1 aromatic heterocycles. The van der Waals surface area contributed by atoms with Crippen LogP contribution in [-0.4, -0.2) is 16.1 Å². The van der Waals surface area contributed by atoms with E-state index in [0.717, 1.165) is 17.1 Å². The van der Waals surface area contributed by atoms with Gasteiger partial charge in [-0.1, -0.05) is 36.4 Å². The highest BCUT2D eigenvalue weighted by Gasteiger charge is 2.34. The molecule has 1 N–H and O–H groups in total. The third-order valence-electron chi connectivity index (χ3n) is 3.71. The lowest BCUT2D eigenvalue weighted by Gasteiger charge is -2.15. The number of aliphatic imine (C=N–C) groups is 1. The van der Waals surface area contributed by atoms with Crippen LogP contribution in [0.3, 0.4) is 0 Å². The normalized spacial score (nSPS) is 17.6. The molecule has 1 aliphatic heterocycles. The summed E-state index contributed by atoms with van der Waals surface area (Å²) >= 11 is 1.38. The fraction of sp³-hybridized carbons (Fsp3) is 0. The lowest BCUT2D eigenvalue weighted by Crippen LogP contribution is -2.28. The van der Waals surface area contributed by atoms with Crippen LogP contribution >= 0.6 is 11.8 Å². The van der Waals surface area contributed by atoms with Gasteiger partial charge in [0.25, 0.3) is 5.91 Å². The van der Waals surface area contributed by atoms with Gasteiger partial charge in [0.2, 0.25) is 0 Å². The SMILES string of the molecule is O=C1/C(=C\c2ccc[nH]2)SC(=Nc2ccccc2)N1c1ccccc1. The Hall–Kier alpha value is -3.05. The summed E-state index contributed by atoms with van der Waals surface area (Å²) < 4.78 is 0. The average Bonchev–Trinajstić information content (AvgIpc) is 3.26. The van der Waals surface area contributed by atoms with Gasteiger partial charge in [-0.3, -0.25) is 9.69 Å². The van der Waals surface area contributed by atoms with Crippen molar-refractivity contribution in [2.24, 2.45) is 4.99 Å². The van der Waals surface area contributed by atoms with Crippen molar-refractivity contribution in [3.8, 4) is 0 Å². The predicted octanol–water partition coefficient (Wildman–Crippen LogP) is 4.82. The van der Waals surface area contributed by atoms with E-state index in [-0.39, 0.29) is 5.91 Å². The van der Waals surface area contributed by atoms with Crippen LogP contribution in [0.4, 0.5) is 11.4 Å². The summed E-state index contributed by atoms with van der Waals surface area (Å²) in [5.74, 6) is -0.0690. The van der Waals surface area contributed by atoms with Crippen molar-refractivity contribution >= 4 is 40.3 Å². The summed E-state index contributed by atoms with van der Waals surface area (Å²) in [6, 6.07) is 23.1. The first-order valence-corrected chi connectivity index (χ1v) is 8.69. The first-order chi connectivity index (χ1) is 12.3. The quantitative estimate of drug-likeness (QED) is 0.692. The molecule has 0 bridgehead atoms. The van der Waals surface area contributed by atoms with Gasteiger partial charge in [-0.25, -0.2) is 4.99 Å². The van der Waals surface area contributed by atoms with Crippen LogP contribution in [0.25, 0.3) is 6.08 Å². The fourth-order valence-electron chi connectivity index (χ4n) is 2.54. The van der Waals surface area contributed by atoms with Gasteiger partial charge in [-0.15, -0.1) is 0 Å². The van der Waals surface area contributed by atoms with Gasteiger partial charge >= 0.3 is 0 Å². The van der Waals surface area contributed by atoms with Gasteiger partial charge in [0, 0.05) is 11.9 Å². The van der Waals surface area contributed by atoms with Crippen LogP contribution in [0.15, 0.2) is 88.9 Å². The Morgan fingerprint density at radius 1 is 0.920 bits per heavy atom. The molecule has 0 unspecified atom stereocenters. The maximum atomic E-state index is 13.0. The van der Waals surface area contributed by atoms with Gasteiger partial charge in [-0.2, -0.15) is 0 Å². The molecule has 2 aromatic carbocycles. The Labute approximate surface area is 149 Å². The lowest BCUT2D eigenvalue weighted by atomic mass is 10.3. The van der Waals surface area contributed by atoms with E-state index in [4.69, 9.17) is 0 Å². The van der Waals surface area contributed by atoms with Gasteiger partial charge in [-0.05, 0) is 54.2 Å². The third-order valence-corrected chi connectivity index (χ3v) is 4.68. The maximum absolute atomic E-state index is 13.0. The highest BCUT2D eigenvalue weighted by Crippen LogP contribution is 2.37. The van der Waals surface area contributed by atoms with Gasteiger partial charge in [0.05, 0.1) is 16.3 Å². The monoisotopic (exact) mass is 345 g/mol.